The monoisotopic (exact) mass is 163 g/mol. The van der Waals surface area contributed by atoms with Crippen LogP contribution in [0.2, 0.25) is 0 Å². The van der Waals surface area contributed by atoms with Crippen LogP contribution in [0.5, 0.6) is 0 Å². The van der Waals surface area contributed by atoms with Gasteiger partial charge in [0.1, 0.15) is 5.76 Å². The molecule has 0 aliphatic rings. The standard InChI is InChI=1S/C8H9N3O/c9-8-10-5-6(11-8)4-7-2-1-3-12-7/h1-3,5H,4H2,(H3,9,10,11). The lowest BCUT2D eigenvalue weighted by Gasteiger charge is -1.90. The van der Waals surface area contributed by atoms with Gasteiger partial charge in [-0.2, -0.15) is 0 Å². The Balaban J connectivity index is 2.14. The van der Waals surface area contributed by atoms with Crippen molar-refractivity contribution in [2.75, 3.05) is 5.73 Å². The van der Waals surface area contributed by atoms with E-state index in [1.165, 1.54) is 0 Å². The number of nitrogen functional groups attached to an aromatic ring is 1. The van der Waals surface area contributed by atoms with E-state index in [9.17, 15) is 0 Å². The van der Waals surface area contributed by atoms with Gasteiger partial charge in [0, 0.05) is 12.1 Å². The normalized spacial score (nSPS) is 10.3. The molecule has 4 heteroatoms. The van der Waals surface area contributed by atoms with Crippen molar-refractivity contribution in [3.63, 3.8) is 0 Å². The second kappa shape index (κ2) is 2.73. The number of rotatable bonds is 2. The topological polar surface area (TPSA) is 67.8 Å². The molecule has 3 N–H and O–H groups in total. The Labute approximate surface area is 69.4 Å². The molecule has 0 saturated heterocycles. The summed E-state index contributed by atoms with van der Waals surface area (Å²) in [4.78, 5) is 6.80. The van der Waals surface area contributed by atoms with Gasteiger partial charge in [-0.1, -0.05) is 0 Å². The van der Waals surface area contributed by atoms with Gasteiger partial charge in [-0.05, 0) is 12.1 Å². The number of imidazole rings is 1. The number of anilines is 1. The molecule has 2 aromatic heterocycles. The summed E-state index contributed by atoms with van der Waals surface area (Å²) < 4.78 is 5.16. The zero-order valence-electron chi connectivity index (χ0n) is 6.45. The minimum atomic E-state index is 0.441. The molecular weight excluding hydrogens is 154 g/mol. The van der Waals surface area contributed by atoms with E-state index in [0.717, 1.165) is 11.5 Å². The molecule has 0 bridgehead atoms. The van der Waals surface area contributed by atoms with E-state index in [-0.39, 0.29) is 0 Å². The number of H-pyrrole nitrogens is 1. The van der Waals surface area contributed by atoms with Gasteiger partial charge < -0.3 is 15.1 Å². The Kier molecular flexibility index (Phi) is 1.59. The molecule has 0 amide bonds. The maximum absolute atomic E-state index is 5.41. The Morgan fingerprint density at radius 1 is 1.58 bits per heavy atom. The van der Waals surface area contributed by atoms with Crippen LogP contribution in [0.4, 0.5) is 5.95 Å². The maximum atomic E-state index is 5.41. The zero-order chi connectivity index (χ0) is 8.39. The minimum absolute atomic E-state index is 0.441. The number of aromatic nitrogens is 2. The van der Waals surface area contributed by atoms with E-state index >= 15 is 0 Å². The lowest BCUT2D eigenvalue weighted by atomic mass is 10.3. The average molecular weight is 163 g/mol. The van der Waals surface area contributed by atoms with Crippen molar-refractivity contribution < 1.29 is 4.42 Å². The summed E-state index contributed by atoms with van der Waals surface area (Å²) >= 11 is 0. The first-order chi connectivity index (χ1) is 5.84. The summed E-state index contributed by atoms with van der Waals surface area (Å²) in [5.41, 5.74) is 6.37. The predicted molar refractivity (Wildman–Crippen MR) is 44.5 cm³/mol. The second-order valence-corrected chi connectivity index (χ2v) is 2.55. The van der Waals surface area contributed by atoms with Gasteiger partial charge in [-0.25, -0.2) is 4.98 Å². The number of aromatic amines is 1. The fourth-order valence-corrected chi connectivity index (χ4v) is 1.07. The first kappa shape index (κ1) is 6.97. The summed E-state index contributed by atoms with van der Waals surface area (Å²) in [5, 5.41) is 0. The number of nitrogens with zero attached hydrogens (tertiary/aromatic N) is 1. The van der Waals surface area contributed by atoms with Crippen molar-refractivity contribution in [3.05, 3.63) is 36.0 Å². The lowest BCUT2D eigenvalue weighted by molar-refractivity contribution is 0.519. The molecule has 4 nitrogen and oxygen atoms in total. The largest absolute Gasteiger partial charge is 0.469 e. The second-order valence-electron chi connectivity index (χ2n) is 2.55. The molecule has 0 fully saturated rings. The Bertz CT molecular complexity index is 350. The van der Waals surface area contributed by atoms with Gasteiger partial charge in [0.25, 0.3) is 0 Å². The van der Waals surface area contributed by atoms with Crippen molar-refractivity contribution >= 4 is 5.95 Å². The third-order valence-electron chi connectivity index (χ3n) is 1.59. The Morgan fingerprint density at radius 3 is 3.08 bits per heavy atom. The predicted octanol–water partition coefficient (Wildman–Crippen LogP) is 1.18. The van der Waals surface area contributed by atoms with E-state index in [4.69, 9.17) is 10.2 Å². The highest BCUT2D eigenvalue weighted by Gasteiger charge is 2.00. The third kappa shape index (κ3) is 1.32. The van der Waals surface area contributed by atoms with Crippen LogP contribution in [0.25, 0.3) is 0 Å². The molecule has 0 atom stereocenters. The highest BCUT2D eigenvalue weighted by Crippen LogP contribution is 2.07. The number of nitrogens with one attached hydrogen (secondary N) is 1. The van der Waals surface area contributed by atoms with E-state index < -0.39 is 0 Å². The fourth-order valence-electron chi connectivity index (χ4n) is 1.07. The van der Waals surface area contributed by atoms with Crippen LogP contribution in [0.3, 0.4) is 0 Å². The minimum Gasteiger partial charge on any atom is -0.469 e. The molecular formula is C8H9N3O. The summed E-state index contributed by atoms with van der Waals surface area (Å²) in [5.74, 6) is 1.34. The lowest BCUT2D eigenvalue weighted by Crippen LogP contribution is -1.88. The molecule has 0 aliphatic carbocycles. The van der Waals surface area contributed by atoms with Crippen LogP contribution in [0, 0.1) is 0 Å². The van der Waals surface area contributed by atoms with E-state index in [1.807, 2.05) is 12.1 Å². The highest BCUT2D eigenvalue weighted by atomic mass is 16.3. The van der Waals surface area contributed by atoms with Crippen LogP contribution in [-0.2, 0) is 6.42 Å². The van der Waals surface area contributed by atoms with Crippen LogP contribution in [0.15, 0.2) is 29.0 Å². The van der Waals surface area contributed by atoms with Crippen LogP contribution in [-0.4, -0.2) is 9.97 Å². The average Bonchev–Trinajstić information content (AvgIpc) is 2.63. The molecule has 12 heavy (non-hydrogen) atoms. The van der Waals surface area contributed by atoms with E-state index in [1.54, 1.807) is 12.5 Å². The van der Waals surface area contributed by atoms with Crippen molar-refractivity contribution in [1.29, 1.82) is 0 Å². The molecule has 0 spiro atoms. The van der Waals surface area contributed by atoms with Gasteiger partial charge in [-0.3, -0.25) is 0 Å². The quantitative estimate of drug-likeness (QED) is 0.698. The maximum Gasteiger partial charge on any atom is 0.197 e. The van der Waals surface area contributed by atoms with Crippen molar-refractivity contribution in [1.82, 2.24) is 9.97 Å². The third-order valence-corrected chi connectivity index (χ3v) is 1.59. The van der Waals surface area contributed by atoms with Crippen LogP contribution >= 0.6 is 0 Å². The molecule has 0 aliphatic heterocycles. The summed E-state index contributed by atoms with van der Waals surface area (Å²) in [7, 11) is 0. The fraction of sp³-hybridized carbons (Fsp3) is 0.125. The number of hydrogen-bond donors (Lipinski definition) is 2. The van der Waals surface area contributed by atoms with E-state index in [0.29, 0.717) is 12.4 Å². The highest BCUT2D eigenvalue weighted by molar-refractivity contribution is 5.21. The molecule has 62 valence electrons. The van der Waals surface area contributed by atoms with Gasteiger partial charge >= 0.3 is 0 Å². The first-order valence-electron chi connectivity index (χ1n) is 3.66. The molecule has 2 aromatic rings. The molecule has 0 aromatic carbocycles. The Hall–Kier alpha value is -1.71. The van der Waals surface area contributed by atoms with Crippen LogP contribution in [0.1, 0.15) is 11.5 Å². The zero-order valence-corrected chi connectivity index (χ0v) is 6.45. The van der Waals surface area contributed by atoms with Crippen LogP contribution < -0.4 is 5.73 Å². The molecule has 0 saturated carbocycles. The molecule has 2 rings (SSSR count). The summed E-state index contributed by atoms with van der Waals surface area (Å²) in [6, 6.07) is 3.77. The SMILES string of the molecule is Nc1ncc(Cc2ccco2)[nH]1. The molecule has 2 heterocycles. The van der Waals surface area contributed by atoms with Gasteiger partial charge in [0.15, 0.2) is 5.95 Å². The van der Waals surface area contributed by atoms with Gasteiger partial charge in [0.05, 0.1) is 12.5 Å². The van der Waals surface area contributed by atoms with Gasteiger partial charge in [-0.15, -0.1) is 0 Å². The van der Waals surface area contributed by atoms with Crippen molar-refractivity contribution in [2.45, 2.75) is 6.42 Å². The summed E-state index contributed by atoms with van der Waals surface area (Å²) in [6.07, 6.45) is 4.06. The molecule has 0 radical (unpaired) electrons. The van der Waals surface area contributed by atoms with Crippen molar-refractivity contribution in [3.8, 4) is 0 Å². The number of hydrogen-bond acceptors (Lipinski definition) is 3. The Morgan fingerprint density at radius 2 is 2.50 bits per heavy atom. The van der Waals surface area contributed by atoms with Gasteiger partial charge in [0.2, 0.25) is 0 Å². The number of furan rings is 1. The van der Waals surface area contributed by atoms with E-state index in [2.05, 4.69) is 9.97 Å². The summed E-state index contributed by atoms with van der Waals surface area (Å²) in [6.45, 7) is 0. The first-order valence-corrected chi connectivity index (χ1v) is 3.66. The molecule has 0 unspecified atom stereocenters. The smallest absolute Gasteiger partial charge is 0.197 e. The number of nitrogens with two attached hydrogens (primary N) is 1. The van der Waals surface area contributed by atoms with Crippen molar-refractivity contribution in [2.24, 2.45) is 0 Å².